The lowest BCUT2D eigenvalue weighted by Gasteiger charge is -2.11. The number of carbonyl (C=O) groups is 2. The number of rotatable bonds is 4. The molecule has 2 rings (SSSR count). The van der Waals surface area contributed by atoms with Gasteiger partial charge in [0.1, 0.15) is 5.75 Å². The maximum Gasteiger partial charge on any atom is 0.311 e. The van der Waals surface area contributed by atoms with Gasteiger partial charge in [-0.2, -0.15) is 0 Å². The van der Waals surface area contributed by atoms with Crippen LogP contribution in [0.2, 0.25) is 5.02 Å². The van der Waals surface area contributed by atoms with E-state index in [9.17, 15) is 14.7 Å². The predicted molar refractivity (Wildman–Crippen MR) is 64.8 cm³/mol. The van der Waals surface area contributed by atoms with E-state index in [1.807, 2.05) is 0 Å². The second-order valence-corrected chi connectivity index (χ2v) is 4.87. The first kappa shape index (κ1) is 12.7. The summed E-state index contributed by atoms with van der Waals surface area (Å²) in [5.41, 5.74) is -0.738. The monoisotopic (exact) mass is 269 g/mol. The van der Waals surface area contributed by atoms with Gasteiger partial charge in [0.2, 0.25) is 0 Å². The van der Waals surface area contributed by atoms with Crippen LogP contribution in [0.1, 0.15) is 23.2 Å². The normalized spacial score (nSPS) is 16.1. The molecule has 1 aromatic rings. The summed E-state index contributed by atoms with van der Waals surface area (Å²) in [7, 11) is 0. The average molecular weight is 270 g/mol. The number of hydrogen-bond acceptors (Lipinski definition) is 3. The van der Waals surface area contributed by atoms with Gasteiger partial charge in [-0.15, -0.1) is 0 Å². The standard InChI is InChI=1S/C12H12ClNO4/c13-7-1-2-8(9(15)5-7)10(16)14-6-12(3-4-12)11(17)18/h1-2,5,15H,3-4,6H2,(H,14,16)(H,17,18). The van der Waals surface area contributed by atoms with Gasteiger partial charge in [0.15, 0.2) is 0 Å². The van der Waals surface area contributed by atoms with Crippen LogP contribution in [0, 0.1) is 5.41 Å². The van der Waals surface area contributed by atoms with Crippen molar-refractivity contribution in [2.24, 2.45) is 5.41 Å². The molecule has 0 bridgehead atoms. The second kappa shape index (κ2) is 4.49. The van der Waals surface area contributed by atoms with Crippen LogP contribution in [0.5, 0.6) is 5.75 Å². The number of hydrogen-bond donors (Lipinski definition) is 3. The van der Waals surface area contributed by atoms with Crippen LogP contribution in [0.15, 0.2) is 18.2 Å². The second-order valence-electron chi connectivity index (χ2n) is 4.43. The quantitative estimate of drug-likeness (QED) is 0.775. The summed E-state index contributed by atoms with van der Waals surface area (Å²) in [6, 6.07) is 4.15. The van der Waals surface area contributed by atoms with Crippen molar-refractivity contribution in [1.29, 1.82) is 0 Å². The third kappa shape index (κ3) is 2.41. The fraction of sp³-hybridized carbons (Fsp3) is 0.333. The zero-order valence-corrected chi connectivity index (χ0v) is 10.2. The van der Waals surface area contributed by atoms with Crippen LogP contribution in [-0.4, -0.2) is 28.6 Å². The minimum atomic E-state index is -0.900. The third-order valence-electron chi connectivity index (χ3n) is 3.10. The molecule has 0 radical (unpaired) electrons. The first-order valence-electron chi connectivity index (χ1n) is 5.45. The van der Waals surface area contributed by atoms with Crippen LogP contribution in [0.25, 0.3) is 0 Å². The molecule has 0 aromatic heterocycles. The molecule has 3 N–H and O–H groups in total. The molecular weight excluding hydrogens is 258 g/mol. The molecule has 0 heterocycles. The van der Waals surface area contributed by atoms with Gasteiger partial charge >= 0.3 is 5.97 Å². The summed E-state index contributed by atoms with van der Waals surface area (Å²) in [4.78, 5) is 22.7. The molecule has 1 fully saturated rings. The Morgan fingerprint density at radius 3 is 2.56 bits per heavy atom. The van der Waals surface area contributed by atoms with Gasteiger partial charge < -0.3 is 15.5 Å². The zero-order valence-electron chi connectivity index (χ0n) is 9.44. The van der Waals surface area contributed by atoms with E-state index in [2.05, 4.69) is 5.32 Å². The van der Waals surface area contributed by atoms with E-state index in [1.54, 1.807) is 0 Å². The van der Waals surface area contributed by atoms with Crippen LogP contribution >= 0.6 is 11.6 Å². The van der Waals surface area contributed by atoms with Crippen molar-refractivity contribution in [1.82, 2.24) is 5.32 Å². The van der Waals surface area contributed by atoms with Crippen LogP contribution in [0.3, 0.4) is 0 Å². The minimum Gasteiger partial charge on any atom is -0.507 e. The van der Waals surface area contributed by atoms with Crippen LogP contribution < -0.4 is 5.32 Å². The third-order valence-corrected chi connectivity index (χ3v) is 3.33. The number of benzene rings is 1. The summed E-state index contributed by atoms with van der Waals surface area (Å²) in [6.07, 6.45) is 1.13. The fourth-order valence-corrected chi connectivity index (χ4v) is 1.82. The number of aromatic hydroxyl groups is 1. The molecule has 1 aliphatic carbocycles. The van der Waals surface area contributed by atoms with Gasteiger partial charge in [0.25, 0.3) is 5.91 Å². The lowest BCUT2D eigenvalue weighted by molar-refractivity contribution is -0.143. The van der Waals surface area contributed by atoms with E-state index in [4.69, 9.17) is 16.7 Å². The van der Waals surface area contributed by atoms with Crippen molar-refractivity contribution in [2.75, 3.05) is 6.54 Å². The van der Waals surface area contributed by atoms with Crippen molar-refractivity contribution >= 4 is 23.5 Å². The van der Waals surface area contributed by atoms with Gasteiger partial charge in [-0.3, -0.25) is 9.59 Å². The van der Waals surface area contributed by atoms with Gasteiger partial charge in [0.05, 0.1) is 11.0 Å². The van der Waals surface area contributed by atoms with Crippen molar-refractivity contribution in [3.8, 4) is 5.75 Å². The Morgan fingerprint density at radius 1 is 1.39 bits per heavy atom. The van der Waals surface area contributed by atoms with Crippen molar-refractivity contribution in [3.63, 3.8) is 0 Å². The number of halogens is 1. The van der Waals surface area contributed by atoms with E-state index < -0.39 is 17.3 Å². The molecule has 5 nitrogen and oxygen atoms in total. The predicted octanol–water partition coefficient (Wildman–Crippen LogP) is 1.64. The highest BCUT2D eigenvalue weighted by Gasteiger charge is 2.50. The van der Waals surface area contributed by atoms with Crippen molar-refractivity contribution in [3.05, 3.63) is 28.8 Å². The highest BCUT2D eigenvalue weighted by molar-refractivity contribution is 6.30. The van der Waals surface area contributed by atoms with Gasteiger partial charge in [-0.1, -0.05) is 11.6 Å². The maximum absolute atomic E-state index is 11.8. The van der Waals surface area contributed by atoms with E-state index >= 15 is 0 Å². The molecule has 0 unspecified atom stereocenters. The maximum atomic E-state index is 11.8. The number of aliphatic carboxylic acids is 1. The molecule has 0 atom stereocenters. The van der Waals surface area contributed by atoms with E-state index in [1.165, 1.54) is 18.2 Å². The fourth-order valence-electron chi connectivity index (χ4n) is 1.66. The Kier molecular flexibility index (Phi) is 3.17. The molecule has 6 heteroatoms. The number of phenolic OH excluding ortho intramolecular Hbond substituents is 1. The Hall–Kier alpha value is -1.75. The van der Waals surface area contributed by atoms with E-state index in [0.29, 0.717) is 17.9 Å². The zero-order chi connectivity index (χ0) is 13.3. The molecule has 1 saturated carbocycles. The number of phenols is 1. The highest BCUT2D eigenvalue weighted by atomic mass is 35.5. The summed E-state index contributed by atoms with van der Waals surface area (Å²) < 4.78 is 0. The smallest absolute Gasteiger partial charge is 0.311 e. The number of carboxylic acids is 1. The molecule has 0 spiro atoms. The first-order valence-corrected chi connectivity index (χ1v) is 5.82. The van der Waals surface area contributed by atoms with Crippen molar-refractivity contribution in [2.45, 2.75) is 12.8 Å². The lowest BCUT2D eigenvalue weighted by Crippen LogP contribution is -2.34. The summed E-state index contributed by atoms with van der Waals surface area (Å²) in [5, 5.41) is 21.4. The minimum absolute atomic E-state index is 0.0727. The lowest BCUT2D eigenvalue weighted by atomic mass is 10.1. The number of carbonyl (C=O) groups excluding carboxylic acids is 1. The molecular formula is C12H12ClNO4. The van der Waals surface area contributed by atoms with Gasteiger partial charge in [-0.25, -0.2) is 0 Å². The van der Waals surface area contributed by atoms with Gasteiger partial charge in [-0.05, 0) is 31.0 Å². The Bertz CT molecular complexity index is 511. The molecule has 1 aliphatic rings. The van der Waals surface area contributed by atoms with E-state index in [0.717, 1.165) is 0 Å². The number of carboxylic acid groups (broad SMARTS) is 1. The average Bonchev–Trinajstić information content (AvgIpc) is 3.07. The molecule has 0 aliphatic heterocycles. The summed E-state index contributed by atoms with van der Waals surface area (Å²) >= 11 is 5.65. The molecule has 1 amide bonds. The number of amides is 1. The Balaban J connectivity index is 2.02. The van der Waals surface area contributed by atoms with Crippen LogP contribution in [0.4, 0.5) is 0 Å². The van der Waals surface area contributed by atoms with Crippen LogP contribution in [-0.2, 0) is 4.79 Å². The largest absolute Gasteiger partial charge is 0.507 e. The molecule has 96 valence electrons. The first-order chi connectivity index (χ1) is 8.44. The summed E-state index contributed by atoms with van der Waals surface area (Å²) in [6.45, 7) is 0.0727. The Morgan fingerprint density at radius 2 is 2.06 bits per heavy atom. The SMILES string of the molecule is O=C(NCC1(C(=O)O)CC1)c1ccc(Cl)cc1O. The molecule has 0 saturated heterocycles. The summed E-state index contributed by atoms with van der Waals surface area (Å²) in [5.74, 6) is -1.63. The molecule has 1 aromatic carbocycles. The van der Waals surface area contributed by atoms with Crippen molar-refractivity contribution < 1.29 is 19.8 Å². The van der Waals surface area contributed by atoms with Gasteiger partial charge in [0, 0.05) is 11.6 Å². The Labute approximate surface area is 108 Å². The molecule has 18 heavy (non-hydrogen) atoms. The van der Waals surface area contributed by atoms with E-state index in [-0.39, 0.29) is 17.9 Å². The number of nitrogens with one attached hydrogen (secondary N) is 1. The highest BCUT2D eigenvalue weighted by Crippen LogP contribution is 2.45. The topological polar surface area (TPSA) is 86.6 Å².